The van der Waals surface area contributed by atoms with Crippen LogP contribution in [0.1, 0.15) is 43.2 Å². The second-order valence-electron chi connectivity index (χ2n) is 8.83. The van der Waals surface area contributed by atoms with Crippen molar-refractivity contribution in [3.63, 3.8) is 0 Å². The van der Waals surface area contributed by atoms with Gasteiger partial charge < -0.3 is 25.2 Å². The normalized spacial score (nSPS) is 19.7. The first-order chi connectivity index (χ1) is 16.5. The van der Waals surface area contributed by atoms with E-state index in [1.54, 1.807) is 6.92 Å². The van der Waals surface area contributed by atoms with Gasteiger partial charge in [-0.25, -0.2) is 9.59 Å². The van der Waals surface area contributed by atoms with E-state index in [1.807, 2.05) is 24.3 Å². The molecule has 2 aliphatic rings. The number of carbonyl (C=O) groups is 3. The Kier molecular flexibility index (Phi) is 7.47. The van der Waals surface area contributed by atoms with Crippen LogP contribution in [0.2, 0.25) is 0 Å². The second kappa shape index (κ2) is 10.7. The van der Waals surface area contributed by atoms with Crippen molar-refractivity contribution in [2.75, 3.05) is 19.8 Å². The molecule has 3 atom stereocenters. The Balaban J connectivity index is 1.18. The molecule has 180 valence electrons. The summed E-state index contributed by atoms with van der Waals surface area (Å²) in [6.45, 7) is 2.75. The average molecular weight is 467 g/mol. The van der Waals surface area contributed by atoms with Crippen LogP contribution in [0, 0.1) is 5.92 Å². The van der Waals surface area contributed by atoms with E-state index in [2.05, 4.69) is 34.9 Å². The summed E-state index contributed by atoms with van der Waals surface area (Å²) in [7, 11) is 0. The maximum Gasteiger partial charge on any atom is 0.407 e. The lowest BCUT2D eigenvalue weighted by molar-refractivity contribution is -0.148. The minimum absolute atomic E-state index is 0.0102. The van der Waals surface area contributed by atoms with Gasteiger partial charge in [-0.15, -0.1) is 0 Å². The average Bonchev–Trinajstić information content (AvgIpc) is 3.43. The van der Waals surface area contributed by atoms with E-state index < -0.39 is 24.2 Å². The fraction of sp³-hybridized carbons (Fsp3) is 0.423. The first kappa shape index (κ1) is 23.8. The predicted octanol–water partition coefficient (Wildman–Crippen LogP) is 3.30. The third-order valence-electron chi connectivity index (χ3n) is 6.54. The number of benzene rings is 2. The van der Waals surface area contributed by atoms with E-state index in [9.17, 15) is 14.4 Å². The molecule has 34 heavy (non-hydrogen) atoms. The number of carboxylic acids is 1. The van der Waals surface area contributed by atoms with Gasteiger partial charge in [-0.05, 0) is 41.5 Å². The zero-order chi connectivity index (χ0) is 24.1. The quantitative estimate of drug-likeness (QED) is 0.489. The number of hydrogen-bond acceptors (Lipinski definition) is 5. The van der Waals surface area contributed by atoms with Crippen molar-refractivity contribution in [3.05, 3.63) is 59.7 Å². The minimum atomic E-state index is -1.07. The number of aliphatic carboxylic acids is 1. The number of ether oxygens (including phenoxy) is 2. The van der Waals surface area contributed by atoms with Crippen molar-refractivity contribution in [2.24, 2.45) is 5.92 Å². The van der Waals surface area contributed by atoms with Crippen LogP contribution in [0.15, 0.2) is 48.5 Å². The van der Waals surface area contributed by atoms with E-state index >= 15 is 0 Å². The Morgan fingerprint density at radius 1 is 1.09 bits per heavy atom. The van der Waals surface area contributed by atoms with Gasteiger partial charge in [0.2, 0.25) is 5.91 Å². The van der Waals surface area contributed by atoms with E-state index in [0.717, 1.165) is 11.1 Å². The maximum atomic E-state index is 12.4. The van der Waals surface area contributed by atoms with Gasteiger partial charge in [-0.2, -0.15) is 0 Å². The van der Waals surface area contributed by atoms with Gasteiger partial charge in [0.05, 0.1) is 6.04 Å². The molecule has 0 aromatic heterocycles. The highest BCUT2D eigenvalue weighted by molar-refractivity contribution is 5.81. The molecule has 0 saturated carbocycles. The van der Waals surface area contributed by atoms with Crippen LogP contribution in [0.4, 0.5) is 4.79 Å². The summed E-state index contributed by atoms with van der Waals surface area (Å²) in [5.74, 6) is -1.57. The van der Waals surface area contributed by atoms with Gasteiger partial charge in [0, 0.05) is 25.0 Å². The third-order valence-corrected chi connectivity index (χ3v) is 6.54. The molecule has 0 bridgehead atoms. The van der Waals surface area contributed by atoms with E-state index in [4.69, 9.17) is 14.6 Å². The lowest BCUT2D eigenvalue weighted by atomic mass is 9.98. The first-order valence-electron chi connectivity index (χ1n) is 11.7. The predicted molar refractivity (Wildman–Crippen MR) is 125 cm³/mol. The van der Waals surface area contributed by atoms with Crippen molar-refractivity contribution in [3.8, 4) is 11.1 Å². The lowest BCUT2D eigenvalue weighted by Crippen LogP contribution is -2.45. The number of rotatable bonds is 9. The fourth-order valence-corrected chi connectivity index (χ4v) is 4.68. The Labute approximate surface area is 198 Å². The van der Waals surface area contributed by atoms with Crippen LogP contribution in [-0.4, -0.2) is 55.0 Å². The van der Waals surface area contributed by atoms with Crippen LogP contribution >= 0.6 is 0 Å². The molecule has 1 heterocycles. The molecule has 3 N–H and O–H groups in total. The zero-order valence-electron chi connectivity index (χ0n) is 19.2. The topological polar surface area (TPSA) is 114 Å². The van der Waals surface area contributed by atoms with E-state index in [-0.39, 0.29) is 24.3 Å². The number of amides is 2. The van der Waals surface area contributed by atoms with Gasteiger partial charge in [0.1, 0.15) is 6.61 Å². The Bertz CT molecular complexity index is 1010. The molecule has 8 heteroatoms. The van der Waals surface area contributed by atoms with Crippen molar-refractivity contribution >= 4 is 18.0 Å². The van der Waals surface area contributed by atoms with Gasteiger partial charge in [0.15, 0.2) is 6.10 Å². The molecule has 1 saturated heterocycles. The highest BCUT2D eigenvalue weighted by Gasteiger charge is 2.35. The van der Waals surface area contributed by atoms with Crippen LogP contribution in [-0.2, 0) is 19.1 Å². The molecule has 1 fully saturated rings. The van der Waals surface area contributed by atoms with E-state index in [1.165, 1.54) is 11.1 Å². The van der Waals surface area contributed by atoms with Crippen LogP contribution in [0.3, 0.4) is 0 Å². The molecule has 2 aromatic carbocycles. The molecule has 4 rings (SSSR count). The molecule has 2 aromatic rings. The number of fused-ring (bicyclic) bond motifs is 3. The summed E-state index contributed by atoms with van der Waals surface area (Å²) in [5, 5.41) is 14.7. The maximum absolute atomic E-state index is 12.4. The fourth-order valence-electron chi connectivity index (χ4n) is 4.68. The molecule has 1 aliphatic heterocycles. The Morgan fingerprint density at radius 2 is 1.74 bits per heavy atom. The summed E-state index contributed by atoms with van der Waals surface area (Å²) in [5.41, 5.74) is 4.68. The van der Waals surface area contributed by atoms with Crippen molar-refractivity contribution in [1.29, 1.82) is 0 Å². The smallest absolute Gasteiger partial charge is 0.407 e. The molecular weight excluding hydrogens is 436 g/mol. The summed E-state index contributed by atoms with van der Waals surface area (Å²) in [6.07, 6.45) is 0.166. The number of carbonyl (C=O) groups excluding carboxylic acids is 2. The first-order valence-corrected chi connectivity index (χ1v) is 11.7. The Hall–Kier alpha value is -3.39. The highest BCUT2D eigenvalue weighted by atomic mass is 16.5. The molecule has 0 radical (unpaired) electrons. The minimum Gasteiger partial charge on any atom is -0.479 e. The molecular formula is C26H30N2O6. The van der Waals surface area contributed by atoms with Gasteiger partial charge in [-0.3, -0.25) is 4.79 Å². The zero-order valence-corrected chi connectivity index (χ0v) is 19.2. The molecule has 0 spiro atoms. The van der Waals surface area contributed by atoms with Crippen LogP contribution in [0.25, 0.3) is 11.1 Å². The van der Waals surface area contributed by atoms with Gasteiger partial charge >= 0.3 is 12.1 Å². The van der Waals surface area contributed by atoms with Gasteiger partial charge in [-0.1, -0.05) is 55.5 Å². The van der Waals surface area contributed by atoms with Crippen molar-refractivity contribution in [1.82, 2.24) is 10.6 Å². The number of nitrogens with one attached hydrogen (secondary N) is 2. The number of hydrogen-bond donors (Lipinski definition) is 3. The summed E-state index contributed by atoms with van der Waals surface area (Å²) < 4.78 is 10.7. The van der Waals surface area contributed by atoms with Crippen LogP contribution < -0.4 is 10.6 Å². The molecule has 3 unspecified atom stereocenters. The largest absolute Gasteiger partial charge is 0.479 e. The van der Waals surface area contributed by atoms with Crippen molar-refractivity contribution < 1.29 is 29.0 Å². The SMILES string of the molecule is CC(CCCNC(=O)OCC1c2ccccc2-c2ccccc21)C(=O)NC1CCOC1C(=O)O. The Morgan fingerprint density at radius 3 is 2.38 bits per heavy atom. The monoisotopic (exact) mass is 466 g/mol. The molecule has 1 aliphatic carbocycles. The van der Waals surface area contributed by atoms with Crippen molar-refractivity contribution in [2.45, 2.75) is 44.2 Å². The standard InChI is InChI=1S/C26H30N2O6/c1-16(24(29)28-22-12-14-33-23(22)25(30)31)7-6-13-27-26(32)34-15-21-19-10-4-2-8-17(19)18-9-3-5-11-20(18)21/h2-5,8-11,16,21-23H,6-7,12-15H2,1H3,(H,27,32)(H,28,29)(H,30,31). The lowest BCUT2D eigenvalue weighted by Gasteiger charge is -2.19. The van der Waals surface area contributed by atoms with Crippen LogP contribution in [0.5, 0.6) is 0 Å². The molecule has 8 nitrogen and oxygen atoms in total. The summed E-state index contributed by atoms with van der Waals surface area (Å²) in [4.78, 5) is 35.8. The molecule has 2 amide bonds. The third kappa shape index (κ3) is 5.22. The summed E-state index contributed by atoms with van der Waals surface area (Å²) in [6, 6.07) is 15.8. The second-order valence-corrected chi connectivity index (χ2v) is 8.83. The number of alkyl carbamates (subject to hydrolysis) is 1. The highest BCUT2D eigenvalue weighted by Crippen LogP contribution is 2.44. The van der Waals surface area contributed by atoms with Gasteiger partial charge in [0.25, 0.3) is 0 Å². The van der Waals surface area contributed by atoms with E-state index in [0.29, 0.717) is 32.4 Å². The summed E-state index contributed by atoms with van der Waals surface area (Å²) >= 11 is 0. The number of carboxylic acid groups (broad SMARTS) is 1.